The molecule has 0 radical (unpaired) electrons. The number of oxazole rings is 1. The number of nitrogens with zero attached hydrogens (tertiary/aromatic N) is 1. The summed E-state index contributed by atoms with van der Waals surface area (Å²) in [6.45, 7) is 1.81. The van der Waals surface area contributed by atoms with Gasteiger partial charge in [0, 0.05) is 11.3 Å². The Labute approximate surface area is 128 Å². The lowest BCUT2D eigenvalue weighted by Crippen LogP contribution is -2.23. The van der Waals surface area contributed by atoms with Crippen molar-refractivity contribution in [1.29, 1.82) is 0 Å². The van der Waals surface area contributed by atoms with Crippen LogP contribution in [-0.2, 0) is 14.6 Å². The van der Waals surface area contributed by atoms with E-state index in [1.165, 1.54) is 0 Å². The van der Waals surface area contributed by atoms with Crippen LogP contribution in [0.15, 0.2) is 34.9 Å². The highest BCUT2D eigenvalue weighted by atomic mass is 32.2. The first-order valence-corrected chi connectivity index (χ1v) is 8.79. The normalized spacial score (nSPS) is 20.0. The number of aryl methyl sites for hydroxylation is 1. The molecular formula is C15H16N2O4S. The van der Waals surface area contributed by atoms with Gasteiger partial charge in [-0.1, -0.05) is 6.07 Å². The molecule has 3 rings (SSSR count). The zero-order valence-corrected chi connectivity index (χ0v) is 12.9. The van der Waals surface area contributed by atoms with E-state index in [1.807, 2.05) is 13.0 Å². The van der Waals surface area contributed by atoms with E-state index in [4.69, 9.17) is 4.42 Å². The molecule has 1 aromatic carbocycles. The summed E-state index contributed by atoms with van der Waals surface area (Å²) in [6, 6.07) is 7.13. The van der Waals surface area contributed by atoms with Gasteiger partial charge in [0.05, 0.1) is 23.6 Å². The van der Waals surface area contributed by atoms with E-state index in [9.17, 15) is 13.2 Å². The number of amides is 1. The summed E-state index contributed by atoms with van der Waals surface area (Å²) >= 11 is 0. The van der Waals surface area contributed by atoms with Gasteiger partial charge in [0.1, 0.15) is 5.76 Å². The van der Waals surface area contributed by atoms with E-state index in [0.717, 1.165) is 5.56 Å². The Morgan fingerprint density at radius 2 is 2.23 bits per heavy atom. The van der Waals surface area contributed by atoms with Crippen LogP contribution >= 0.6 is 0 Å². The number of carbonyl (C=O) groups is 1. The second-order valence-electron chi connectivity index (χ2n) is 5.45. The molecule has 0 aliphatic carbocycles. The Balaban J connectivity index is 1.74. The molecule has 116 valence electrons. The monoisotopic (exact) mass is 320 g/mol. The second kappa shape index (κ2) is 5.57. The molecule has 1 amide bonds. The quantitative estimate of drug-likeness (QED) is 0.934. The maximum Gasteiger partial charge on any atom is 0.228 e. The lowest BCUT2D eigenvalue weighted by molar-refractivity contribution is -0.119. The van der Waals surface area contributed by atoms with Gasteiger partial charge in [-0.25, -0.2) is 13.4 Å². The molecular weight excluding hydrogens is 304 g/mol. The Hall–Kier alpha value is -2.15. The van der Waals surface area contributed by atoms with Gasteiger partial charge in [-0.05, 0) is 31.5 Å². The van der Waals surface area contributed by atoms with Crippen molar-refractivity contribution < 1.29 is 17.6 Å². The van der Waals surface area contributed by atoms with Crippen LogP contribution in [0, 0.1) is 12.8 Å². The van der Waals surface area contributed by atoms with Crippen molar-refractivity contribution in [2.75, 3.05) is 16.8 Å². The number of nitrogens with one attached hydrogen (secondary N) is 1. The van der Waals surface area contributed by atoms with Crippen LogP contribution < -0.4 is 5.32 Å². The van der Waals surface area contributed by atoms with Crippen LogP contribution in [-0.4, -0.2) is 30.8 Å². The summed E-state index contributed by atoms with van der Waals surface area (Å²) in [7, 11) is -3.07. The SMILES string of the molecule is Cc1cnc(-c2cccc(NC(=O)C3CCS(=O)(=O)C3)c2)o1. The summed E-state index contributed by atoms with van der Waals surface area (Å²) in [5.41, 5.74) is 1.35. The lowest BCUT2D eigenvalue weighted by atomic mass is 10.1. The smallest absolute Gasteiger partial charge is 0.228 e. The first-order chi connectivity index (χ1) is 10.4. The molecule has 1 saturated heterocycles. The predicted octanol–water partition coefficient (Wildman–Crippen LogP) is 2.02. The van der Waals surface area contributed by atoms with Crippen molar-refractivity contribution >= 4 is 21.4 Å². The molecule has 1 fully saturated rings. The molecule has 6 nitrogen and oxygen atoms in total. The molecule has 0 bridgehead atoms. The van der Waals surface area contributed by atoms with Gasteiger partial charge in [0.15, 0.2) is 9.84 Å². The van der Waals surface area contributed by atoms with E-state index < -0.39 is 15.8 Å². The highest BCUT2D eigenvalue weighted by Crippen LogP contribution is 2.24. The van der Waals surface area contributed by atoms with Gasteiger partial charge in [-0.15, -0.1) is 0 Å². The van der Waals surface area contributed by atoms with Crippen LogP contribution in [0.25, 0.3) is 11.5 Å². The number of hydrogen-bond donors (Lipinski definition) is 1. The Kier molecular flexibility index (Phi) is 3.74. The summed E-state index contributed by atoms with van der Waals surface area (Å²) < 4.78 is 28.3. The van der Waals surface area contributed by atoms with E-state index in [-0.39, 0.29) is 17.4 Å². The number of hydrogen-bond acceptors (Lipinski definition) is 5. The number of aromatic nitrogens is 1. The zero-order valence-electron chi connectivity index (χ0n) is 12.1. The molecule has 1 atom stereocenters. The average molecular weight is 320 g/mol. The van der Waals surface area contributed by atoms with Crippen molar-refractivity contribution in [2.45, 2.75) is 13.3 Å². The van der Waals surface area contributed by atoms with E-state index >= 15 is 0 Å². The van der Waals surface area contributed by atoms with Crippen LogP contribution in [0.3, 0.4) is 0 Å². The van der Waals surface area contributed by atoms with Gasteiger partial charge in [-0.2, -0.15) is 0 Å². The maximum atomic E-state index is 12.1. The third-order valence-corrected chi connectivity index (χ3v) is 5.37. The fourth-order valence-electron chi connectivity index (χ4n) is 2.46. The lowest BCUT2D eigenvalue weighted by Gasteiger charge is -2.10. The van der Waals surface area contributed by atoms with Crippen molar-refractivity contribution in [3.63, 3.8) is 0 Å². The largest absolute Gasteiger partial charge is 0.441 e. The topological polar surface area (TPSA) is 89.3 Å². The number of benzene rings is 1. The zero-order chi connectivity index (χ0) is 15.7. The third-order valence-electron chi connectivity index (χ3n) is 3.60. The minimum atomic E-state index is -3.07. The van der Waals surface area contributed by atoms with E-state index in [0.29, 0.717) is 23.8 Å². The van der Waals surface area contributed by atoms with Crippen molar-refractivity contribution in [3.8, 4) is 11.5 Å². The molecule has 0 spiro atoms. The Morgan fingerprint density at radius 1 is 1.41 bits per heavy atom. The maximum absolute atomic E-state index is 12.1. The number of sulfone groups is 1. The van der Waals surface area contributed by atoms with Crippen LogP contribution in [0.5, 0.6) is 0 Å². The Morgan fingerprint density at radius 3 is 2.86 bits per heavy atom. The first kappa shape index (κ1) is 14.8. The Bertz CT molecular complexity index is 810. The van der Waals surface area contributed by atoms with Gasteiger partial charge < -0.3 is 9.73 Å². The van der Waals surface area contributed by atoms with Gasteiger partial charge >= 0.3 is 0 Å². The predicted molar refractivity (Wildman–Crippen MR) is 82.1 cm³/mol. The average Bonchev–Trinajstić information content (AvgIpc) is 3.05. The molecule has 1 unspecified atom stereocenters. The summed E-state index contributed by atoms with van der Waals surface area (Å²) in [5.74, 6) is 0.468. The molecule has 0 saturated carbocycles. The minimum absolute atomic E-state index is 0.0720. The first-order valence-electron chi connectivity index (χ1n) is 6.97. The second-order valence-corrected chi connectivity index (χ2v) is 7.67. The van der Waals surface area contributed by atoms with Crippen molar-refractivity contribution in [1.82, 2.24) is 4.98 Å². The van der Waals surface area contributed by atoms with Crippen molar-refractivity contribution in [2.24, 2.45) is 5.92 Å². The molecule has 1 aliphatic heterocycles. The molecule has 1 N–H and O–H groups in total. The molecule has 2 aromatic rings. The molecule has 1 aromatic heterocycles. The van der Waals surface area contributed by atoms with Gasteiger partial charge in [-0.3, -0.25) is 4.79 Å². The van der Waals surface area contributed by atoms with E-state index in [1.54, 1.807) is 24.4 Å². The highest BCUT2D eigenvalue weighted by Gasteiger charge is 2.32. The summed E-state index contributed by atoms with van der Waals surface area (Å²) in [6.07, 6.45) is 2.01. The third kappa shape index (κ3) is 3.19. The fourth-order valence-corrected chi connectivity index (χ4v) is 4.21. The molecule has 22 heavy (non-hydrogen) atoms. The highest BCUT2D eigenvalue weighted by molar-refractivity contribution is 7.91. The molecule has 7 heteroatoms. The van der Waals surface area contributed by atoms with E-state index in [2.05, 4.69) is 10.3 Å². The standard InChI is InChI=1S/C15H16N2O4S/c1-10-8-16-15(21-10)11-3-2-4-13(7-11)17-14(18)12-5-6-22(19,20)9-12/h2-4,7-8,12H,5-6,9H2,1H3,(H,17,18). The van der Waals surface area contributed by atoms with Gasteiger partial charge in [0.25, 0.3) is 0 Å². The van der Waals surface area contributed by atoms with Crippen molar-refractivity contribution in [3.05, 3.63) is 36.2 Å². The number of rotatable bonds is 3. The number of anilines is 1. The molecule has 1 aliphatic rings. The molecule has 2 heterocycles. The summed E-state index contributed by atoms with van der Waals surface area (Å²) in [4.78, 5) is 16.3. The van der Waals surface area contributed by atoms with Crippen LogP contribution in [0.1, 0.15) is 12.2 Å². The van der Waals surface area contributed by atoms with Crippen LogP contribution in [0.2, 0.25) is 0 Å². The van der Waals surface area contributed by atoms with Crippen LogP contribution in [0.4, 0.5) is 5.69 Å². The fraction of sp³-hybridized carbons (Fsp3) is 0.333. The van der Waals surface area contributed by atoms with Gasteiger partial charge in [0.2, 0.25) is 11.8 Å². The minimum Gasteiger partial charge on any atom is -0.441 e. The number of carbonyl (C=O) groups excluding carboxylic acids is 1. The summed E-state index contributed by atoms with van der Waals surface area (Å²) in [5, 5.41) is 2.77.